The van der Waals surface area contributed by atoms with Gasteiger partial charge in [-0.3, -0.25) is 4.90 Å². The van der Waals surface area contributed by atoms with Gasteiger partial charge in [0.15, 0.2) is 0 Å². The van der Waals surface area contributed by atoms with Gasteiger partial charge in [0, 0.05) is 25.3 Å². The highest BCUT2D eigenvalue weighted by atomic mass is 16.5. The van der Waals surface area contributed by atoms with Crippen LogP contribution in [-0.2, 0) is 4.74 Å². The summed E-state index contributed by atoms with van der Waals surface area (Å²) in [6.07, 6.45) is 3.49. The third-order valence-corrected chi connectivity index (χ3v) is 3.96. The van der Waals surface area contributed by atoms with Crippen molar-refractivity contribution in [3.05, 3.63) is 0 Å². The van der Waals surface area contributed by atoms with Crippen molar-refractivity contribution in [3.63, 3.8) is 0 Å². The number of hydrogen-bond donors (Lipinski definition) is 1. The van der Waals surface area contributed by atoms with Crippen LogP contribution in [-0.4, -0.2) is 48.5 Å². The molecule has 2 atom stereocenters. The van der Waals surface area contributed by atoms with Gasteiger partial charge in [-0.2, -0.15) is 0 Å². The molecule has 2 rings (SSSR count). The second-order valence-corrected chi connectivity index (χ2v) is 4.66. The lowest BCUT2D eigenvalue weighted by Gasteiger charge is -2.36. The lowest BCUT2D eigenvalue weighted by Crippen LogP contribution is -2.47. The molecule has 3 nitrogen and oxygen atoms in total. The van der Waals surface area contributed by atoms with Crippen molar-refractivity contribution in [2.45, 2.75) is 31.7 Å². The Bertz CT molecular complexity index is 190. The summed E-state index contributed by atoms with van der Waals surface area (Å²) in [5.74, 6) is 0.499. The van der Waals surface area contributed by atoms with Gasteiger partial charge in [-0.05, 0) is 31.7 Å². The van der Waals surface area contributed by atoms with Crippen LogP contribution in [0.4, 0.5) is 0 Å². The highest BCUT2D eigenvalue weighted by Gasteiger charge is 2.41. The van der Waals surface area contributed by atoms with Crippen LogP contribution in [0.3, 0.4) is 0 Å². The number of likely N-dealkylation sites (tertiary alicyclic amines) is 1. The van der Waals surface area contributed by atoms with Crippen molar-refractivity contribution >= 4 is 0 Å². The first-order valence-corrected chi connectivity index (χ1v) is 5.74. The smallest absolute Gasteiger partial charge is 0.0651 e. The summed E-state index contributed by atoms with van der Waals surface area (Å²) in [6.45, 7) is 6.60. The molecule has 82 valence electrons. The van der Waals surface area contributed by atoms with Crippen LogP contribution in [0, 0.1) is 5.92 Å². The Morgan fingerprint density at radius 2 is 2.43 bits per heavy atom. The topological polar surface area (TPSA) is 32.7 Å². The Morgan fingerprint density at radius 1 is 1.57 bits per heavy atom. The molecule has 14 heavy (non-hydrogen) atoms. The molecular formula is C11H21NO2. The second kappa shape index (κ2) is 4.17. The van der Waals surface area contributed by atoms with Crippen LogP contribution in [0.15, 0.2) is 0 Å². The molecule has 2 fully saturated rings. The van der Waals surface area contributed by atoms with Crippen molar-refractivity contribution in [1.82, 2.24) is 4.90 Å². The summed E-state index contributed by atoms with van der Waals surface area (Å²) in [6, 6.07) is 0. The van der Waals surface area contributed by atoms with Crippen LogP contribution < -0.4 is 0 Å². The maximum atomic E-state index is 9.13. The van der Waals surface area contributed by atoms with E-state index in [1.807, 2.05) is 0 Å². The fourth-order valence-corrected chi connectivity index (χ4v) is 2.76. The summed E-state index contributed by atoms with van der Waals surface area (Å²) in [4.78, 5) is 2.54. The number of hydrogen-bond acceptors (Lipinski definition) is 3. The zero-order valence-electron chi connectivity index (χ0n) is 9.04. The molecule has 2 heterocycles. The Labute approximate surface area is 86.0 Å². The van der Waals surface area contributed by atoms with Gasteiger partial charge in [0.25, 0.3) is 0 Å². The first kappa shape index (κ1) is 10.4. The molecule has 0 amide bonds. The minimum Gasteiger partial charge on any atom is -0.396 e. The van der Waals surface area contributed by atoms with E-state index in [4.69, 9.17) is 9.84 Å². The van der Waals surface area contributed by atoms with Gasteiger partial charge < -0.3 is 9.84 Å². The molecule has 0 aliphatic carbocycles. The number of ether oxygens (including phenoxy) is 1. The van der Waals surface area contributed by atoms with Crippen LogP contribution in [0.1, 0.15) is 26.2 Å². The minimum absolute atomic E-state index is 0.296. The van der Waals surface area contributed by atoms with Gasteiger partial charge in [0.2, 0.25) is 0 Å². The molecule has 0 bridgehead atoms. The predicted octanol–water partition coefficient (Wildman–Crippen LogP) is 0.870. The fourth-order valence-electron chi connectivity index (χ4n) is 2.76. The lowest BCUT2D eigenvalue weighted by atomic mass is 9.93. The molecule has 0 aromatic carbocycles. The predicted molar refractivity (Wildman–Crippen MR) is 55.2 cm³/mol. The highest BCUT2D eigenvalue weighted by molar-refractivity contribution is 4.96. The molecule has 2 saturated heterocycles. The number of aliphatic hydroxyl groups excluding tert-OH is 1. The monoisotopic (exact) mass is 199 g/mol. The van der Waals surface area contributed by atoms with E-state index in [0.29, 0.717) is 18.1 Å². The summed E-state index contributed by atoms with van der Waals surface area (Å²) in [7, 11) is 0. The molecule has 0 spiro atoms. The van der Waals surface area contributed by atoms with E-state index in [-0.39, 0.29) is 0 Å². The molecule has 2 aliphatic rings. The lowest BCUT2D eigenvalue weighted by molar-refractivity contribution is 0.0763. The van der Waals surface area contributed by atoms with Crippen LogP contribution in [0.2, 0.25) is 0 Å². The maximum absolute atomic E-state index is 9.13. The molecule has 0 aromatic heterocycles. The van der Waals surface area contributed by atoms with Gasteiger partial charge in [0.05, 0.1) is 6.61 Å². The number of rotatable bonds is 3. The Balaban J connectivity index is 1.99. The minimum atomic E-state index is 0.296. The van der Waals surface area contributed by atoms with Crippen molar-refractivity contribution < 1.29 is 9.84 Å². The van der Waals surface area contributed by atoms with E-state index in [2.05, 4.69) is 11.8 Å². The summed E-state index contributed by atoms with van der Waals surface area (Å²) in [5, 5.41) is 9.13. The highest BCUT2D eigenvalue weighted by Crippen LogP contribution is 2.33. The zero-order chi connectivity index (χ0) is 10.0. The van der Waals surface area contributed by atoms with Crippen LogP contribution >= 0.6 is 0 Å². The zero-order valence-corrected chi connectivity index (χ0v) is 9.04. The van der Waals surface area contributed by atoms with Gasteiger partial charge in [-0.1, -0.05) is 6.92 Å². The number of aliphatic hydroxyl groups is 1. The van der Waals surface area contributed by atoms with E-state index in [0.717, 1.165) is 32.7 Å². The van der Waals surface area contributed by atoms with Gasteiger partial charge >= 0.3 is 0 Å². The SMILES string of the molecule is CCC1(N2CCC(CO)C2)CCOC1. The van der Waals surface area contributed by atoms with Crippen molar-refractivity contribution in [2.75, 3.05) is 32.9 Å². The van der Waals surface area contributed by atoms with Gasteiger partial charge in [-0.25, -0.2) is 0 Å². The fraction of sp³-hybridized carbons (Fsp3) is 1.00. The average Bonchev–Trinajstić information content (AvgIpc) is 2.87. The third-order valence-electron chi connectivity index (χ3n) is 3.96. The number of nitrogens with zero attached hydrogens (tertiary/aromatic N) is 1. The Kier molecular flexibility index (Phi) is 3.10. The summed E-state index contributed by atoms with van der Waals surface area (Å²) in [5.41, 5.74) is 0.296. The van der Waals surface area contributed by atoms with E-state index in [1.54, 1.807) is 0 Å². The average molecular weight is 199 g/mol. The first-order valence-electron chi connectivity index (χ1n) is 5.74. The summed E-state index contributed by atoms with van der Waals surface area (Å²) < 4.78 is 5.53. The molecule has 2 unspecified atom stereocenters. The van der Waals surface area contributed by atoms with Crippen molar-refractivity contribution in [1.29, 1.82) is 0 Å². The van der Waals surface area contributed by atoms with Crippen molar-refractivity contribution in [2.24, 2.45) is 5.92 Å². The van der Waals surface area contributed by atoms with E-state index < -0.39 is 0 Å². The molecule has 0 radical (unpaired) electrons. The molecular weight excluding hydrogens is 178 g/mol. The standard InChI is InChI=1S/C11H21NO2/c1-2-11(4-6-14-9-11)12-5-3-10(7-12)8-13/h10,13H,2-9H2,1H3. The van der Waals surface area contributed by atoms with E-state index in [9.17, 15) is 0 Å². The van der Waals surface area contributed by atoms with E-state index >= 15 is 0 Å². The van der Waals surface area contributed by atoms with Crippen LogP contribution in [0.25, 0.3) is 0 Å². The molecule has 0 aromatic rings. The first-order chi connectivity index (χ1) is 6.80. The molecule has 0 saturated carbocycles. The molecule has 2 aliphatic heterocycles. The summed E-state index contributed by atoms with van der Waals surface area (Å²) >= 11 is 0. The third kappa shape index (κ3) is 1.69. The van der Waals surface area contributed by atoms with Gasteiger partial charge in [-0.15, -0.1) is 0 Å². The largest absolute Gasteiger partial charge is 0.396 e. The molecule has 3 heteroatoms. The normalized spacial score (nSPS) is 39.4. The Morgan fingerprint density at radius 3 is 2.93 bits per heavy atom. The Hall–Kier alpha value is -0.120. The van der Waals surface area contributed by atoms with E-state index in [1.165, 1.54) is 12.8 Å². The second-order valence-electron chi connectivity index (χ2n) is 4.66. The van der Waals surface area contributed by atoms with Crippen molar-refractivity contribution in [3.8, 4) is 0 Å². The van der Waals surface area contributed by atoms with Crippen LogP contribution in [0.5, 0.6) is 0 Å². The molecule has 1 N–H and O–H groups in total. The van der Waals surface area contributed by atoms with Gasteiger partial charge in [0.1, 0.15) is 0 Å². The maximum Gasteiger partial charge on any atom is 0.0651 e. The quantitative estimate of drug-likeness (QED) is 0.732.